The lowest BCUT2D eigenvalue weighted by atomic mass is 9.99. The summed E-state index contributed by atoms with van der Waals surface area (Å²) in [6.45, 7) is 1.73. The summed E-state index contributed by atoms with van der Waals surface area (Å²) < 4.78 is 0. The van der Waals surface area contributed by atoms with Gasteiger partial charge < -0.3 is 0 Å². The fourth-order valence-corrected chi connectivity index (χ4v) is 2.40. The molecule has 0 aliphatic rings. The quantitative estimate of drug-likeness (QED) is 0.833. The van der Waals surface area contributed by atoms with Crippen LogP contribution < -0.4 is 0 Å². The largest absolute Gasteiger partial charge is 0.281 e. The van der Waals surface area contributed by atoms with Gasteiger partial charge in [-0.25, -0.2) is 0 Å². The van der Waals surface area contributed by atoms with Crippen molar-refractivity contribution in [1.82, 2.24) is 4.90 Å². The zero-order valence-electron chi connectivity index (χ0n) is 12.2. The second-order valence-electron chi connectivity index (χ2n) is 4.96. The van der Waals surface area contributed by atoms with E-state index in [1.807, 2.05) is 6.07 Å². The van der Waals surface area contributed by atoms with Crippen LogP contribution in [0.4, 0.5) is 0 Å². The second kappa shape index (κ2) is 6.95. The number of likely N-dealkylation sites (N-methyl/N-ethyl adjacent to an activating group) is 1. The van der Waals surface area contributed by atoms with E-state index in [0.717, 1.165) is 4.90 Å². The Morgan fingerprint density at radius 2 is 1.64 bits per heavy atom. The molecule has 0 unspecified atom stereocenters. The predicted molar refractivity (Wildman–Crippen MR) is 88.4 cm³/mol. The second-order valence-corrected chi connectivity index (χ2v) is 5.78. The summed E-state index contributed by atoms with van der Waals surface area (Å²) in [6.07, 6.45) is 0. The number of amides is 2. The number of hydrogen-bond acceptors (Lipinski definition) is 2. The van der Waals surface area contributed by atoms with Gasteiger partial charge in [0, 0.05) is 12.6 Å². The molecule has 0 saturated carbocycles. The minimum absolute atomic E-state index is 0.299. The van der Waals surface area contributed by atoms with Crippen LogP contribution in [0.3, 0.4) is 0 Å². The summed E-state index contributed by atoms with van der Waals surface area (Å²) in [5.74, 6) is -1.13. The van der Waals surface area contributed by atoms with E-state index in [-0.39, 0.29) is 11.8 Å². The number of imide groups is 1. The average Bonchev–Trinajstić information content (AvgIpc) is 2.55. The summed E-state index contributed by atoms with van der Waals surface area (Å²) in [4.78, 5) is 25.9. The summed E-state index contributed by atoms with van der Waals surface area (Å²) in [5.41, 5.74) is 1.19. The van der Waals surface area contributed by atoms with Crippen molar-refractivity contribution in [3.8, 4) is 0 Å². The van der Waals surface area contributed by atoms with Crippen LogP contribution in [-0.4, -0.2) is 23.8 Å². The Hall–Kier alpha value is -1.84. The van der Waals surface area contributed by atoms with E-state index in [9.17, 15) is 9.59 Å². The van der Waals surface area contributed by atoms with Crippen molar-refractivity contribution in [2.45, 2.75) is 12.8 Å². The Bertz CT molecular complexity index is 701. The molecule has 0 radical (unpaired) electrons. The van der Waals surface area contributed by atoms with Gasteiger partial charge in [-0.3, -0.25) is 14.5 Å². The highest BCUT2D eigenvalue weighted by molar-refractivity contribution is 6.42. The van der Waals surface area contributed by atoms with Gasteiger partial charge in [0.15, 0.2) is 0 Å². The molecule has 0 aliphatic carbocycles. The number of halogens is 2. The lowest BCUT2D eigenvalue weighted by Crippen LogP contribution is -2.36. The minimum atomic E-state index is -0.493. The van der Waals surface area contributed by atoms with Gasteiger partial charge in [-0.05, 0) is 36.8 Å². The van der Waals surface area contributed by atoms with Crippen LogP contribution in [0.5, 0.6) is 0 Å². The summed E-state index contributed by atoms with van der Waals surface area (Å²) >= 11 is 11.9. The molecule has 5 heteroatoms. The maximum absolute atomic E-state index is 12.5. The zero-order chi connectivity index (χ0) is 16.3. The third-order valence-corrected chi connectivity index (χ3v) is 4.21. The lowest BCUT2D eigenvalue weighted by molar-refractivity contribution is -0.128. The Balaban J connectivity index is 2.19. The van der Waals surface area contributed by atoms with E-state index in [0.29, 0.717) is 21.2 Å². The molecule has 0 heterocycles. The number of rotatable bonds is 3. The number of benzene rings is 2. The van der Waals surface area contributed by atoms with Gasteiger partial charge in [0.25, 0.3) is 5.91 Å². The highest BCUT2D eigenvalue weighted by Crippen LogP contribution is 2.27. The normalized spacial score (nSPS) is 11.8. The summed E-state index contributed by atoms with van der Waals surface area (Å²) in [7, 11) is 1.48. The molecule has 0 saturated heterocycles. The smallest absolute Gasteiger partial charge is 0.260 e. The van der Waals surface area contributed by atoms with E-state index < -0.39 is 5.92 Å². The molecule has 3 nitrogen and oxygen atoms in total. The molecule has 114 valence electrons. The van der Waals surface area contributed by atoms with Crippen molar-refractivity contribution in [2.24, 2.45) is 0 Å². The van der Waals surface area contributed by atoms with Crippen LogP contribution in [-0.2, 0) is 4.79 Å². The minimum Gasteiger partial charge on any atom is -0.281 e. The Kier molecular flexibility index (Phi) is 5.22. The Morgan fingerprint density at radius 1 is 1.00 bits per heavy atom. The topological polar surface area (TPSA) is 37.4 Å². The molecule has 22 heavy (non-hydrogen) atoms. The van der Waals surface area contributed by atoms with Crippen LogP contribution >= 0.6 is 23.2 Å². The van der Waals surface area contributed by atoms with Crippen molar-refractivity contribution in [3.05, 3.63) is 69.7 Å². The molecular formula is C17H15Cl2NO2. The summed E-state index contributed by atoms with van der Waals surface area (Å²) in [6, 6.07) is 13.7. The molecule has 0 fully saturated rings. The first kappa shape index (κ1) is 16.5. The molecule has 0 aromatic heterocycles. The first-order chi connectivity index (χ1) is 10.4. The molecule has 2 aromatic rings. The van der Waals surface area contributed by atoms with Crippen LogP contribution in [0.1, 0.15) is 28.8 Å². The van der Waals surface area contributed by atoms with Crippen molar-refractivity contribution < 1.29 is 9.59 Å². The van der Waals surface area contributed by atoms with Crippen molar-refractivity contribution in [3.63, 3.8) is 0 Å². The molecule has 2 rings (SSSR count). The standard InChI is InChI=1S/C17H15Cl2NO2/c1-11(13-8-9-14(18)15(19)10-13)16(21)20(2)17(22)12-6-4-3-5-7-12/h3-11H,1-2H3/t11-/m0/s1. The maximum Gasteiger partial charge on any atom is 0.260 e. The van der Waals surface area contributed by atoms with Crippen LogP contribution in [0, 0.1) is 0 Å². The Morgan fingerprint density at radius 3 is 2.23 bits per heavy atom. The molecule has 1 atom stereocenters. The monoisotopic (exact) mass is 335 g/mol. The van der Waals surface area contributed by atoms with Gasteiger partial charge in [-0.15, -0.1) is 0 Å². The van der Waals surface area contributed by atoms with E-state index in [4.69, 9.17) is 23.2 Å². The van der Waals surface area contributed by atoms with Gasteiger partial charge in [-0.1, -0.05) is 47.5 Å². The summed E-state index contributed by atoms with van der Waals surface area (Å²) in [5, 5.41) is 0.814. The van der Waals surface area contributed by atoms with Gasteiger partial charge in [-0.2, -0.15) is 0 Å². The van der Waals surface area contributed by atoms with Gasteiger partial charge in [0.2, 0.25) is 5.91 Å². The van der Waals surface area contributed by atoms with Crippen LogP contribution in [0.25, 0.3) is 0 Å². The van der Waals surface area contributed by atoms with Gasteiger partial charge in [0.05, 0.1) is 16.0 Å². The van der Waals surface area contributed by atoms with E-state index in [1.54, 1.807) is 49.4 Å². The predicted octanol–water partition coefficient (Wildman–Crippen LogP) is 4.40. The van der Waals surface area contributed by atoms with Crippen molar-refractivity contribution >= 4 is 35.0 Å². The maximum atomic E-state index is 12.5. The van der Waals surface area contributed by atoms with Gasteiger partial charge in [0.1, 0.15) is 0 Å². The first-order valence-electron chi connectivity index (χ1n) is 6.73. The molecule has 2 aromatic carbocycles. The number of carbonyl (C=O) groups excluding carboxylic acids is 2. The van der Waals surface area contributed by atoms with E-state index in [1.165, 1.54) is 7.05 Å². The molecule has 0 spiro atoms. The number of hydrogen-bond donors (Lipinski definition) is 0. The van der Waals surface area contributed by atoms with Crippen LogP contribution in [0.2, 0.25) is 10.0 Å². The average molecular weight is 336 g/mol. The Labute approximate surface area is 139 Å². The first-order valence-corrected chi connectivity index (χ1v) is 7.49. The molecule has 2 amide bonds. The number of carbonyl (C=O) groups is 2. The molecule has 0 N–H and O–H groups in total. The third kappa shape index (κ3) is 3.49. The molecule has 0 aliphatic heterocycles. The van der Waals surface area contributed by atoms with Crippen molar-refractivity contribution in [1.29, 1.82) is 0 Å². The fraction of sp³-hybridized carbons (Fsp3) is 0.176. The van der Waals surface area contributed by atoms with Crippen molar-refractivity contribution in [2.75, 3.05) is 7.05 Å². The lowest BCUT2D eigenvalue weighted by Gasteiger charge is -2.20. The molecule has 0 bridgehead atoms. The van der Waals surface area contributed by atoms with Gasteiger partial charge >= 0.3 is 0 Å². The van der Waals surface area contributed by atoms with E-state index in [2.05, 4.69) is 0 Å². The fourth-order valence-electron chi connectivity index (χ4n) is 2.09. The highest BCUT2D eigenvalue weighted by atomic mass is 35.5. The van der Waals surface area contributed by atoms with E-state index >= 15 is 0 Å². The van der Waals surface area contributed by atoms with Crippen LogP contribution in [0.15, 0.2) is 48.5 Å². The zero-order valence-corrected chi connectivity index (χ0v) is 13.7. The molecular weight excluding hydrogens is 321 g/mol. The SMILES string of the molecule is C[C@H](C(=O)N(C)C(=O)c1ccccc1)c1ccc(Cl)c(Cl)c1. The highest BCUT2D eigenvalue weighted by Gasteiger charge is 2.25. The number of nitrogens with zero attached hydrogens (tertiary/aromatic N) is 1. The third-order valence-electron chi connectivity index (χ3n) is 3.47.